The lowest BCUT2D eigenvalue weighted by atomic mass is 10.1. The molecule has 0 radical (unpaired) electrons. The summed E-state index contributed by atoms with van der Waals surface area (Å²) in [5.74, 6) is 0. The quantitative estimate of drug-likeness (QED) is 0.759. The van der Waals surface area contributed by atoms with Crippen molar-refractivity contribution >= 4 is 15.9 Å². The highest BCUT2D eigenvalue weighted by Gasteiger charge is 2.07. The number of halogens is 1. The predicted octanol–water partition coefficient (Wildman–Crippen LogP) is 1.53. The molecule has 0 saturated heterocycles. The fourth-order valence-electron chi connectivity index (χ4n) is 0.948. The molecule has 1 rings (SSSR count). The Bertz CT molecular complexity index is 284. The summed E-state index contributed by atoms with van der Waals surface area (Å²) in [6.45, 7) is 1.90. The number of nitriles is 1. The van der Waals surface area contributed by atoms with Crippen LogP contribution in [0.5, 0.6) is 0 Å². The van der Waals surface area contributed by atoms with Gasteiger partial charge in [-0.1, -0.05) is 15.9 Å². The molecule has 0 aliphatic carbocycles. The molecule has 0 amide bonds. The molecular weight excluding hydrogens is 206 g/mol. The van der Waals surface area contributed by atoms with Crippen LogP contribution in [0.2, 0.25) is 0 Å². The monoisotopic (exact) mass is 213 g/mol. The maximum Gasteiger partial charge on any atom is 0.138 e. The highest BCUT2D eigenvalue weighted by Crippen LogP contribution is 2.10. The summed E-state index contributed by atoms with van der Waals surface area (Å²) in [4.78, 5) is 0. The van der Waals surface area contributed by atoms with Gasteiger partial charge in [0.2, 0.25) is 0 Å². The second-order valence-electron chi connectivity index (χ2n) is 2.21. The largest absolute Gasteiger partial charge is 0.267 e. The van der Waals surface area contributed by atoms with E-state index in [1.807, 2.05) is 6.92 Å². The molecule has 0 aliphatic heterocycles. The summed E-state index contributed by atoms with van der Waals surface area (Å²) in [5.41, 5.74) is 2.52. The van der Waals surface area contributed by atoms with Crippen LogP contribution in [-0.2, 0) is 6.42 Å². The molecule has 1 aromatic rings. The Balaban J connectivity index is 3.00. The van der Waals surface area contributed by atoms with Crippen LogP contribution in [0.25, 0.3) is 0 Å². The topological polar surface area (TPSA) is 52.5 Å². The molecule has 3 nitrogen and oxygen atoms in total. The zero-order valence-electron chi connectivity index (χ0n) is 6.19. The van der Waals surface area contributed by atoms with Gasteiger partial charge in [-0.3, -0.25) is 5.10 Å². The van der Waals surface area contributed by atoms with Crippen molar-refractivity contribution in [2.45, 2.75) is 13.3 Å². The van der Waals surface area contributed by atoms with Gasteiger partial charge in [0.15, 0.2) is 0 Å². The lowest BCUT2D eigenvalue weighted by Crippen LogP contribution is -1.89. The number of alkyl halides is 1. The number of aromatic nitrogens is 2. The molecule has 0 unspecified atom stereocenters. The van der Waals surface area contributed by atoms with Gasteiger partial charge in [-0.25, -0.2) is 0 Å². The van der Waals surface area contributed by atoms with Gasteiger partial charge in [0.1, 0.15) is 11.8 Å². The Morgan fingerprint density at radius 1 is 1.73 bits per heavy atom. The molecule has 0 fully saturated rings. The number of aromatic amines is 1. The van der Waals surface area contributed by atoms with Crippen LogP contribution in [0, 0.1) is 18.3 Å². The molecular formula is C7H8BrN3. The van der Waals surface area contributed by atoms with Crippen molar-refractivity contribution in [3.8, 4) is 6.07 Å². The van der Waals surface area contributed by atoms with Crippen LogP contribution in [0.1, 0.15) is 17.0 Å². The zero-order valence-corrected chi connectivity index (χ0v) is 7.77. The van der Waals surface area contributed by atoms with Gasteiger partial charge >= 0.3 is 0 Å². The van der Waals surface area contributed by atoms with E-state index in [0.717, 1.165) is 23.0 Å². The number of nitrogens with zero attached hydrogens (tertiary/aromatic N) is 2. The van der Waals surface area contributed by atoms with Crippen molar-refractivity contribution in [2.75, 3.05) is 5.33 Å². The van der Waals surface area contributed by atoms with Gasteiger partial charge in [0, 0.05) is 10.9 Å². The van der Waals surface area contributed by atoms with Crippen LogP contribution >= 0.6 is 15.9 Å². The van der Waals surface area contributed by atoms with Crippen LogP contribution in [0.15, 0.2) is 0 Å². The predicted molar refractivity (Wildman–Crippen MR) is 45.5 cm³/mol. The minimum atomic E-state index is 0.585. The summed E-state index contributed by atoms with van der Waals surface area (Å²) in [5, 5.41) is 16.1. The molecule has 58 valence electrons. The number of H-pyrrole nitrogens is 1. The standard InChI is InChI=1S/C7H8BrN3/c1-5-6(2-3-8)7(4-9)11-10-5/h2-3H2,1H3,(H,10,11). The molecule has 4 heteroatoms. The van der Waals surface area contributed by atoms with Crippen LogP contribution in [-0.4, -0.2) is 15.5 Å². The Morgan fingerprint density at radius 3 is 3.00 bits per heavy atom. The van der Waals surface area contributed by atoms with Crippen molar-refractivity contribution in [1.29, 1.82) is 5.26 Å². The minimum absolute atomic E-state index is 0.585. The molecule has 0 bridgehead atoms. The third-order valence-corrected chi connectivity index (χ3v) is 1.93. The van der Waals surface area contributed by atoms with Crippen molar-refractivity contribution in [1.82, 2.24) is 10.2 Å². The van der Waals surface area contributed by atoms with Crippen LogP contribution in [0.3, 0.4) is 0 Å². The Labute approximate surface area is 73.5 Å². The highest BCUT2D eigenvalue weighted by atomic mass is 79.9. The van der Waals surface area contributed by atoms with E-state index >= 15 is 0 Å². The SMILES string of the molecule is Cc1n[nH]c(C#N)c1CCBr. The van der Waals surface area contributed by atoms with Gasteiger partial charge < -0.3 is 0 Å². The van der Waals surface area contributed by atoms with E-state index in [1.54, 1.807) is 0 Å². The van der Waals surface area contributed by atoms with Crippen molar-refractivity contribution in [3.05, 3.63) is 17.0 Å². The fourth-order valence-corrected chi connectivity index (χ4v) is 1.34. The maximum absolute atomic E-state index is 8.62. The second-order valence-corrected chi connectivity index (χ2v) is 3.01. The third kappa shape index (κ3) is 1.60. The first-order valence-electron chi connectivity index (χ1n) is 3.29. The number of aryl methyl sites for hydroxylation is 1. The van der Waals surface area contributed by atoms with Gasteiger partial charge in [-0.2, -0.15) is 10.4 Å². The first-order chi connectivity index (χ1) is 5.29. The van der Waals surface area contributed by atoms with E-state index in [-0.39, 0.29) is 0 Å². The normalized spacial score (nSPS) is 9.55. The molecule has 1 aromatic heterocycles. The minimum Gasteiger partial charge on any atom is -0.267 e. The molecule has 0 atom stereocenters. The molecule has 1 heterocycles. The second kappa shape index (κ2) is 3.54. The van der Waals surface area contributed by atoms with Crippen molar-refractivity contribution in [3.63, 3.8) is 0 Å². The van der Waals surface area contributed by atoms with E-state index in [1.165, 1.54) is 0 Å². The van der Waals surface area contributed by atoms with E-state index < -0.39 is 0 Å². The molecule has 0 aromatic carbocycles. The summed E-state index contributed by atoms with van der Waals surface area (Å²) < 4.78 is 0. The van der Waals surface area contributed by atoms with Crippen LogP contribution in [0.4, 0.5) is 0 Å². The maximum atomic E-state index is 8.62. The smallest absolute Gasteiger partial charge is 0.138 e. The zero-order chi connectivity index (χ0) is 8.27. The van der Waals surface area contributed by atoms with Gasteiger partial charge in [0.25, 0.3) is 0 Å². The molecule has 11 heavy (non-hydrogen) atoms. The van der Waals surface area contributed by atoms with E-state index in [4.69, 9.17) is 5.26 Å². The molecule has 0 aliphatic rings. The third-order valence-electron chi connectivity index (χ3n) is 1.53. The van der Waals surface area contributed by atoms with E-state index in [0.29, 0.717) is 5.69 Å². The van der Waals surface area contributed by atoms with Gasteiger partial charge in [0.05, 0.1) is 5.69 Å². The molecule has 1 N–H and O–H groups in total. The number of nitrogens with one attached hydrogen (secondary N) is 1. The van der Waals surface area contributed by atoms with Crippen molar-refractivity contribution < 1.29 is 0 Å². The van der Waals surface area contributed by atoms with E-state index in [2.05, 4.69) is 32.2 Å². The fraction of sp³-hybridized carbons (Fsp3) is 0.429. The highest BCUT2D eigenvalue weighted by molar-refractivity contribution is 9.09. The molecule has 0 saturated carbocycles. The summed E-state index contributed by atoms with van der Waals surface area (Å²) in [7, 11) is 0. The lowest BCUT2D eigenvalue weighted by molar-refractivity contribution is 1.03. The van der Waals surface area contributed by atoms with Crippen LogP contribution < -0.4 is 0 Å². The Morgan fingerprint density at radius 2 is 2.45 bits per heavy atom. The summed E-state index contributed by atoms with van der Waals surface area (Å²) in [6.07, 6.45) is 0.852. The Hall–Kier alpha value is -0.820. The summed E-state index contributed by atoms with van der Waals surface area (Å²) in [6, 6.07) is 2.06. The number of hydrogen-bond donors (Lipinski definition) is 1. The number of hydrogen-bond acceptors (Lipinski definition) is 2. The Kier molecular flexibility index (Phi) is 2.66. The van der Waals surface area contributed by atoms with Gasteiger partial charge in [-0.05, 0) is 13.3 Å². The lowest BCUT2D eigenvalue weighted by Gasteiger charge is -1.92. The van der Waals surface area contributed by atoms with Gasteiger partial charge in [-0.15, -0.1) is 0 Å². The summed E-state index contributed by atoms with van der Waals surface area (Å²) >= 11 is 3.32. The van der Waals surface area contributed by atoms with Crippen molar-refractivity contribution in [2.24, 2.45) is 0 Å². The average Bonchev–Trinajstić information content (AvgIpc) is 2.34. The molecule has 0 spiro atoms. The average molecular weight is 214 g/mol. The first-order valence-corrected chi connectivity index (χ1v) is 4.41. The number of rotatable bonds is 2. The van der Waals surface area contributed by atoms with E-state index in [9.17, 15) is 0 Å². The first kappa shape index (κ1) is 8.28.